The maximum Gasteiger partial charge on any atom is 0.308 e. The van der Waals surface area contributed by atoms with Gasteiger partial charge in [-0.25, -0.2) is 13.2 Å². The summed E-state index contributed by atoms with van der Waals surface area (Å²) in [6.45, 7) is -0.346. The average Bonchev–Trinajstić information content (AvgIpc) is 2.96. The van der Waals surface area contributed by atoms with Gasteiger partial charge in [0.25, 0.3) is 0 Å². The molecule has 0 aliphatic carbocycles. The number of anilines is 1. The summed E-state index contributed by atoms with van der Waals surface area (Å²) >= 11 is 0. The van der Waals surface area contributed by atoms with E-state index in [1.807, 2.05) is 0 Å². The lowest BCUT2D eigenvalue weighted by molar-refractivity contribution is -0.141. The predicted molar refractivity (Wildman–Crippen MR) is 85.2 cm³/mol. The summed E-state index contributed by atoms with van der Waals surface area (Å²) < 4.78 is 45.3. The summed E-state index contributed by atoms with van der Waals surface area (Å²) in [7, 11) is 0. The SMILES string of the molecule is O=C(O)[C@@H]1CC(=O)N(c2ccc(OCc3c(F)cc(F)cc3F)cc2)C1. The van der Waals surface area contributed by atoms with Crippen molar-refractivity contribution in [1.29, 1.82) is 0 Å². The van der Waals surface area contributed by atoms with Crippen LogP contribution in [-0.4, -0.2) is 23.5 Å². The molecule has 1 heterocycles. The zero-order valence-electron chi connectivity index (χ0n) is 13.4. The minimum atomic E-state index is -1.04. The Labute approximate surface area is 146 Å². The zero-order valence-corrected chi connectivity index (χ0v) is 13.4. The molecule has 5 nitrogen and oxygen atoms in total. The van der Waals surface area contributed by atoms with Crippen molar-refractivity contribution in [2.45, 2.75) is 13.0 Å². The Morgan fingerprint density at radius 1 is 1.15 bits per heavy atom. The first-order valence-corrected chi connectivity index (χ1v) is 7.74. The van der Waals surface area contributed by atoms with E-state index in [1.54, 1.807) is 12.1 Å². The average molecular weight is 365 g/mol. The number of carboxylic acid groups (broad SMARTS) is 1. The Morgan fingerprint density at radius 2 is 1.77 bits per heavy atom. The second-order valence-corrected chi connectivity index (χ2v) is 5.87. The molecule has 0 spiro atoms. The summed E-state index contributed by atoms with van der Waals surface area (Å²) in [6.07, 6.45) is -0.0588. The number of hydrogen-bond donors (Lipinski definition) is 1. The number of halogens is 3. The molecule has 1 fully saturated rings. The van der Waals surface area contributed by atoms with Gasteiger partial charge < -0.3 is 14.7 Å². The van der Waals surface area contributed by atoms with E-state index in [9.17, 15) is 22.8 Å². The molecule has 0 unspecified atom stereocenters. The number of aliphatic carboxylic acids is 1. The van der Waals surface area contributed by atoms with Gasteiger partial charge in [-0.15, -0.1) is 0 Å². The van der Waals surface area contributed by atoms with E-state index in [-0.39, 0.29) is 18.9 Å². The number of carbonyl (C=O) groups excluding carboxylic acids is 1. The lowest BCUT2D eigenvalue weighted by Gasteiger charge is -2.16. The fraction of sp³-hybridized carbons (Fsp3) is 0.222. The predicted octanol–water partition coefficient (Wildman–Crippen LogP) is 3.12. The van der Waals surface area contributed by atoms with Gasteiger partial charge in [0.2, 0.25) is 5.91 Å². The van der Waals surface area contributed by atoms with Gasteiger partial charge in [0.1, 0.15) is 29.8 Å². The monoisotopic (exact) mass is 365 g/mol. The highest BCUT2D eigenvalue weighted by atomic mass is 19.1. The van der Waals surface area contributed by atoms with Gasteiger partial charge in [0, 0.05) is 30.8 Å². The Kier molecular flexibility index (Phi) is 4.83. The number of nitrogens with zero attached hydrogens (tertiary/aromatic N) is 1. The molecule has 3 rings (SSSR count). The first-order valence-electron chi connectivity index (χ1n) is 7.74. The lowest BCUT2D eigenvalue weighted by atomic mass is 10.1. The Balaban J connectivity index is 1.67. The van der Waals surface area contributed by atoms with Crippen molar-refractivity contribution in [3.63, 3.8) is 0 Å². The van der Waals surface area contributed by atoms with Crippen LogP contribution in [0.5, 0.6) is 5.75 Å². The van der Waals surface area contributed by atoms with Crippen LogP contribution in [0.25, 0.3) is 0 Å². The number of amides is 1. The smallest absolute Gasteiger partial charge is 0.308 e. The van der Waals surface area contributed by atoms with Crippen molar-refractivity contribution < 1.29 is 32.6 Å². The summed E-state index contributed by atoms with van der Waals surface area (Å²) in [5.74, 6) is -4.86. The van der Waals surface area contributed by atoms with Crippen LogP contribution in [0.3, 0.4) is 0 Å². The van der Waals surface area contributed by atoms with Crippen LogP contribution < -0.4 is 9.64 Å². The summed E-state index contributed by atoms with van der Waals surface area (Å²) in [5, 5.41) is 9.00. The maximum atomic E-state index is 13.6. The van der Waals surface area contributed by atoms with Crippen LogP contribution >= 0.6 is 0 Å². The molecular formula is C18H14F3NO4. The second-order valence-electron chi connectivity index (χ2n) is 5.87. The molecule has 0 radical (unpaired) electrons. The van der Waals surface area contributed by atoms with Gasteiger partial charge in [-0.3, -0.25) is 9.59 Å². The molecule has 1 saturated heterocycles. The van der Waals surface area contributed by atoms with Gasteiger partial charge in [0.15, 0.2) is 0 Å². The highest BCUT2D eigenvalue weighted by Crippen LogP contribution is 2.27. The Hall–Kier alpha value is -3.03. The topological polar surface area (TPSA) is 66.8 Å². The fourth-order valence-corrected chi connectivity index (χ4v) is 2.71. The minimum absolute atomic E-state index is 0.0588. The van der Waals surface area contributed by atoms with E-state index in [2.05, 4.69) is 0 Å². The van der Waals surface area contributed by atoms with E-state index in [0.29, 0.717) is 23.6 Å². The molecular weight excluding hydrogens is 351 g/mol. The van der Waals surface area contributed by atoms with Crippen LogP contribution in [-0.2, 0) is 16.2 Å². The third-order valence-electron chi connectivity index (χ3n) is 4.11. The van der Waals surface area contributed by atoms with Gasteiger partial charge >= 0.3 is 5.97 Å². The molecule has 0 bridgehead atoms. The highest BCUT2D eigenvalue weighted by molar-refractivity contribution is 5.99. The fourth-order valence-electron chi connectivity index (χ4n) is 2.71. The number of carbonyl (C=O) groups is 2. The molecule has 26 heavy (non-hydrogen) atoms. The van der Waals surface area contributed by atoms with Crippen molar-refractivity contribution in [1.82, 2.24) is 0 Å². The van der Waals surface area contributed by atoms with E-state index in [4.69, 9.17) is 9.84 Å². The maximum absolute atomic E-state index is 13.6. The Bertz CT molecular complexity index is 831. The molecule has 1 N–H and O–H groups in total. The molecule has 2 aromatic rings. The molecule has 0 saturated carbocycles. The Morgan fingerprint density at radius 3 is 2.31 bits per heavy atom. The highest BCUT2D eigenvalue weighted by Gasteiger charge is 2.34. The number of carboxylic acids is 1. The van der Waals surface area contributed by atoms with Crippen LogP contribution in [0.1, 0.15) is 12.0 Å². The van der Waals surface area contributed by atoms with Crippen molar-refractivity contribution in [2.75, 3.05) is 11.4 Å². The van der Waals surface area contributed by atoms with Crippen molar-refractivity contribution in [2.24, 2.45) is 5.92 Å². The lowest BCUT2D eigenvalue weighted by Crippen LogP contribution is -2.25. The normalized spacial score (nSPS) is 16.8. The van der Waals surface area contributed by atoms with E-state index in [1.165, 1.54) is 17.0 Å². The quantitative estimate of drug-likeness (QED) is 0.884. The molecule has 1 atom stereocenters. The second kappa shape index (κ2) is 7.07. The van der Waals surface area contributed by atoms with Gasteiger partial charge in [-0.05, 0) is 24.3 Å². The molecule has 1 amide bonds. The molecule has 0 aromatic heterocycles. The van der Waals surface area contributed by atoms with Gasteiger partial charge in [0.05, 0.1) is 11.5 Å². The largest absolute Gasteiger partial charge is 0.489 e. The van der Waals surface area contributed by atoms with Crippen LogP contribution in [0, 0.1) is 23.4 Å². The molecule has 1 aliphatic rings. The minimum Gasteiger partial charge on any atom is -0.489 e. The number of benzene rings is 2. The third kappa shape index (κ3) is 3.63. The first kappa shape index (κ1) is 17.8. The van der Waals surface area contributed by atoms with Gasteiger partial charge in [-0.2, -0.15) is 0 Å². The standard InChI is InChI=1S/C18H14F3NO4/c19-11-6-15(20)14(16(21)7-11)9-26-13-3-1-12(2-4-13)22-8-10(18(24)25)5-17(22)23/h1-4,6-7,10H,5,8-9H2,(H,24,25)/t10-/m1/s1. The van der Waals surface area contributed by atoms with E-state index < -0.39 is 41.5 Å². The molecule has 2 aromatic carbocycles. The number of ether oxygens (including phenoxy) is 1. The first-order chi connectivity index (χ1) is 12.3. The zero-order chi connectivity index (χ0) is 18.8. The van der Waals surface area contributed by atoms with Gasteiger partial charge in [-0.1, -0.05) is 0 Å². The van der Waals surface area contributed by atoms with Crippen LogP contribution in [0.2, 0.25) is 0 Å². The molecule has 8 heteroatoms. The number of hydrogen-bond acceptors (Lipinski definition) is 3. The molecule has 136 valence electrons. The van der Waals surface area contributed by atoms with Crippen molar-refractivity contribution in [3.05, 3.63) is 59.4 Å². The van der Waals surface area contributed by atoms with Crippen molar-refractivity contribution in [3.8, 4) is 5.75 Å². The third-order valence-corrected chi connectivity index (χ3v) is 4.11. The summed E-state index contributed by atoms with van der Waals surface area (Å²) in [4.78, 5) is 24.3. The van der Waals surface area contributed by atoms with E-state index >= 15 is 0 Å². The van der Waals surface area contributed by atoms with Crippen LogP contribution in [0.15, 0.2) is 36.4 Å². The van der Waals surface area contributed by atoms with Crippen molar-refractivity contribution >= 4 is 17.6 Å². The number of rotatable bonds is 5. The molecule has 1 aliphatic heterocycles. The summed E-state index contributed by atoms with van der Waals surface area (Å²) in [5.41, 5.74) is 0.111. The summed E-state index contributed by atoms with van der Waals surface area (Å²) in [6, 6.07) is 7.24. The van der Waals surface area contributed by atoms with Crippen LogP contribution in [0.4, 0.5) is 18.9 Å². The van der Waals surface area contributed by atoms with E-state index in [0.717, 1.165) is 0 Å².